The third kappa shape index (κ3) is 15.1. The first-order chi connectivity index (χ1) is 38.8. The number of hydrogen-bond donors (Lipinski definition) is 1. The van der Waals surface area contributed by atoms with E-state index >= 15 is 4.79 Å². The van der Waals surface area contributed by atoms with Gasteiger partial charge in [-0.2, -0.15) is 10.2 Å². The summed E-state index contributed by atoms with van der Waals surface area (Å²) in [6.07, 6.45) is 15.3. The van der Waals surface area contributed by atoms with Crippen molar-refractivity contribution in [1.29, 1.82) is 5.26 Å². The highest BCUT2D eigenvalue weighted by atomic mass is 31.2. The normalized spacial score (nSPS) is 18.2. The summed E-state index contributed by atoms with van der Waals surface area (Å²) in [5.41, 5.74) is -0.111. The topological polar surface area (TPSA) is 167 Å². The van der Waals surface area contributed by atoms with Crippen molar-refractivity contribution in [2.45, 2.75) is 180 Å². The largest absolute Gasteiger partial charge is 0.497 e. The van der Waals surface area contributed by atoms with Crippen molar-refractivity contribution in [3.8, 4) is 17.6 Å². The van der Waals surface area contributed by atoms with Crippen molar-refractivity contribution in [2.75, 3.05) is 39.3 Å². The first-order valence-electron chi connectivity index (χ1n) is 29.0. The van der Waals surface area contributed by atoms with Crippen LogP contribution in [0.25, 0.3) is 0 Å². The Morgan fingerprint density at radius 2 is 1.31 bits per heavy atom. The zero-order valence-corrected chi connectivity index (χ0v) is 49.3. The second-order valence-corrected chi connectivity index (χ2v) is 23.1. The number of nitriles is 1. The number of ether oxygens (including phenoxy) is 4. The molecule has 2 saturated heterocycles. The smallest absolute Gasteiger partial charge is 0.351 e. The van der Waals surface area contributed by atoms with Gasteiger partial charge in [-0.05, 0) is 94.1 Å². The van der Waals surface area contributed by atoms with E-state index in [1.807, 2.05) is 89.8 Å². The van der Waals surface area contributed by atoms with Crippen molar-refractivity contribution in [1.82, 2.24) is 19.1 Å². The van der Waals surface area contributed by atoms with Crippen LogP contribution in [0.15, 0.2) is 120 Å². The Labute approximate surface area is 476 Å². The number of fused-ring (bicyclic) bond motifs is 2. The average Bonchev–Trinajstić information content (AvgIpc) is 4.12. The van der Waals surface area contributed by atoms with Gasteiger partial charge in [-0.3, -0.25) is 14.2 Å². The molecule has 5 atom stereocenters. The predicted molar refractivity (Wildman–Crippen MR) is 315 cm³/mol. The molecule has 2 aliphatic rings. The minimum absolute atomic E-state index is 0.0524. The van der Waals surface area contributed by atoms with Crippen LogP contribution in [0.2, 0.25) is 0 Å². The molecule has 2 bridgehead atoms. The van der Waals surface area contributed by atoms with Crippen molar-refractivity contribution >= 4 is 26.2 Å². The van der Waals surface area contributed by atoms with Crippen LogP contribution in [0.4, 0.5) is 5.82 Å². The number of hydrogen-bond acceptors (Lipinski definition) is 12. The third-order valence-corrected chi connectivity index (χ3v) is 17.4. The van der Waals surface area contributed by atoms with Gasteiger partial charge in [0.25, 0.3) is 14.4 Å². The molecule has 2 fully saturated rings. The summed E-state index contributed by atoms with van der Waals surface area (Å²) < 4.78 is 44.1. The lowest BCUT2D eigenvalue weighted by Crippen LogP contribution is -2.52. The van der Waals surface area contributed by atoms with E-state index in [9.17, 15) is 14.9 Å². The molecule has 430 valence electrons. The van der Waals surface area contributed by atoms with Gasteiger partial charge in [0.15, 0.2) is 6.23 Å². The predicted octanol–water partition coefficient (Wildman–Crippen LogP) is 13.5. The van der Waals surface area contributed by atoms with Gasteiger partial charge in [0.2, 0.25) is 5.91 Å². The number of benzene rings is 4. The Balaban J connectivity index is 1.31. The first kappa shape index (κ1) is 61.6. The lowest BCUT2D eigenvalue weighted by molar-refractivity contribution is -0.182. The van der Waals surface area contributed by atoms with Crippen molar-refractivity contribution < 1.29 is 37.6 Å². The van der Waals surface area contributed by atoms with Crippen LogP contribution in [-0.4, -0.2) is 94.7 Å². The van der Waals surface area contributed by atoms with Crippen LogP contribution in [0.1, 0.15) is 170 Å². The fourth-order valence-electron chi connectivity index (χ4n) is 11.3. The molecule has 1 unspecified atom stereocenters. The van der Waals surface area contributed by atoms with Crippen LogP contribution in [0.3, 0.4) is 0 Å². The lowest BCUT2D eigenvalue weighted by atomic mass is 9.79. The summed E-state index contributed by atoms with van der Waals surface area (Å²) in [4.78, 5) is 49.6. The van der Waals surface area contributed by atoms with Crippen LogP contribution < -0.4 is 20.5 Å². The average molecular weight is 1110 g/mol. The van der Waals surface area contributed by atoms with Crippen LogP contribution in [0, 0.1) is 18.3 Å². The maximum Gasteiger partial charge on any atom is 0.351 e. The summed E-state index contributed by atoms with van der Waals surface area (Å²) in [6.45, 7) is 12.4. The molecule has 7 rings (SSSR count). The summed E-state index contributed by atoms with van der Waals surface area (Å²) in [7, 11) is 1.33. The number of unbranched alkanes of at least 4 members (excludes halogenated alkanes) is 12. The molecule has 5 aromatic rings. The number of nitrogens with one attached hydrogen (secondary N) is 1. The molecule has 3 heterocycles. The summed E-state index contributed by atoms with van der Waals surface area (Å²) >= 11 is 0. The number of morpholine rings is 1. The highest BCUT2D eigenvalue weighted by molar-refractivity contribution is 7.44. The number of aryl methyl sites for hydroxylation is 1. The van der Waals surface area contributed by atoms with Crippen molar-refractivity contribution in [2.24, 2.45) is 0 Å². The van der Waals surface area contributed by atoms with E-state index in [-0.39, 0.29) is 56.4 Å². The van der Waals surface area contributed by atoms with Crippen LogP contribution in [-0.2, 0) is 28.9 Å². The zero-order chi connectivity index (χ0) is 57.1. The quantitative estimate of drug-likeness (QED) is 0.0240. The Bertz CT molecular complexity index is 2760. The van der Waals surface area contributed by atoms with Gasteiger partial charge in [0.1, 0.15) is 40.7 Å². The molecule has 80 heavy (non-hydrogen) atoms. The molecule has 0 saturated carbocycles. The van der Waals surface area contributed by atoms with Crippen molar-refractivity contribution in [3.05, 3.63) is 154 Å². The molecule has 2 amide bonds. The minimum atomic E-state index is -1.93. The summed E-state index contributed by atoms with van der Waals surface area (Å²) in [6, 6.07) is 35.5. The molecule has 0 radical (unpaired) electrons. The van der Waals surface area contributed by atoms with Gasteiger partial charge in [-0.25, -0.2) is 9.46 Å². The molecule has 1 N–H and O–H groups in total. The lowest BCUT2D eigenvalue weighted by Gasteiger charge is -2.42. The zero-order valence-electron chi connectivity index (χ0n) is 48.4. The molecule has 1 aromatic heterocycles. The van der Waals surface area contributed by atoms with Gasteiger partial charge in [-0.15, -0.1) is 0 Å². The highest BCUT2D eigenvalue weighted by Gasteiger charge is 2.68. The van der Waals surface area contributed by atoms with Gasteiger partial charge in [-0.1, -0.05) is 157 Å². The fourth-order valence-corrected chi connectivity index (χ4v) is 13.1. The van der Waals surface area contributed by atoms with E-state index in [0.717, 1.165) is 36.0 Å². The van der Waals surface area contributed by atoms with Gasteiger partial charge in [0, 0.05) is 35.8 Å². The van der Waals surface area contributed by atoms with E-state index in [2.05, 4.69) is 55.7 Å². The van der Waals surface area contributed by atoms with E-state index < -0.39 is 49.7 Å². The SMILES string of the molecule is CCCCCCCCCCCCCCCC(=O)N1C[C@]2(COC(c3ccccc3)(c3ccc(OC)cc3)c3ccc(OC)cc3)O[C@@H](n3cc(C)c(NC(=O)c4ccccc4)nc3=O)[C@H]1[C@@H]2OP(OCCC#N)N(C(C)C)C(C)C. The van der Waals surface area contributed by atoms with E-state index in [4.69, 9.17) is 28.0 Å². The molecular weight excluding hydrogens is 1030 g/mol. The Hall–Kier alpha value is -5.98. The van der Waals surface area contributed by atoms with E-state index in [1.165, 1.54) is 62.4 Å². The Kier molecular flexibility index (Phi) is 23.3. The highest BCUT2D eigenvalue weighted by Crippen LogP contribution is 2.57. The Morgan fingerprint density at radius 1 is 0.787 bits per heavy atom. The number of carbonyl (C=O) groups excluding carboxylic acids is 2. The van der Waals surface area contributed by atoms with E-state index in [0.29, 0.717) is 29.0 Å². The summed E-state index contributed by atoms with van der Waals surface area (Å²) in [5.74, 6) is 0.935. The Morgan fingerprint density at radius 3 is 1.84 bits per heavy atom. The van der Waals surface area contributed by atoms with E-state index in [1.54, 1.807) is 51.6 Å². The second-order valence-electron chi connectivity index (χ2n) is 21.7. The van der Waals surface area contributed by atoms with Gasteiger partial charge in [0.05, 0.1) is 46.5 Å². The second kappa shape index (κ2) is 30.2. The van der Waals surface area contributed by atoms with Crippen LogP contribution >= 0.6 is 8.53 Å². The molecule has 16 heteroatoms. The molecular formula is C64H85N6O9P. The van der Waals surface area contributed by atoms with Crippen molar-refractivity contribution in [3.63, 3.8) is 0 Å². The molecule has 4 aromatic carbocycles. The summed E-state index contributed by atoms with van der Waals surface area (Å²) in [5, 5.41) is 12.6. The number of methoxy groups -OCH3 is 2. The fraction of sp³-hybridized carbons (Fsp3) is 0.516. The van der Waals surface area contributed by atoms with Gasteiger partial charge < -0.3 is 38.2 Å². The first-order valence-corrected chi connectivity index (χ1v) is 30.1. The molecule has 0 aliphatic carbocycles. The number of likely N-dealkylation sites (tertiary alicyclic amines) is 1. The number of carbonyl (C=O) groups is 2. The number of aromatic nitrogens is 2. The number of nitrogens with zero attached hydrogens (tertiary/aromatic N) is 5. The van der Waals surface area contributed by atoms with Crippen LogP contribution in [0.5, 0.6) is 11.5 Å². The maximum atomic E-state index is 15.2. The third-order valence-electron chi connectivity index (χ3n) is 15.3. The van der Waals surface area contributed by atoms with Gasteiger partial charge >= 0.3 is 5.69 Å². The number of anilines is 1. The number of amides is 2. The number of rotatable bonds is 33. The molecule has 0 spiro atoms. The molecule has 15 nitrogen and oxygen atoms in total. The standard InChI is InChI=1S/C64H85N6O9P/c1-9-10-11-12-13-14-15-16-17-18-19-20-27-33-56(71)69-45-63(46-76-64(51-31-25-22-26-32-51,52-34-38-54(74-7)39-35-52)53-36-40-55(75-8)41-37-53)58(79-80(77-43-28-42-65)70(47(2)3)48(4)5)57(69)61(78-63)68-44-49(6)59(67-62(68)73)66-60(72)50-29-23-21-24-30-50/h21-26,29-32,34-41,44,47-48,57-58,61H,9-20,27-28,33,43,45-46H2,1-8H3,(H,66,67,72,73)/t57-,58+,61-,63-,80?/m1/s1. The maximum absolute atomic E-state index is 15.2. The minimum Gasteiger partial charge on any atom is -0.497 e. The monoisotopic (exact) mass is 1110 g/mol. The molecule has 2 aliphatic heterocycles.